The van der Waals surface area contributed by atoms with Gasteiger partial charge in [-0.25, -0.2) is 0 Å². The summed E-state index contributed by atoms with van der Waals surface area (Å²) >= 11 is 1.80. The molecule has 1 atom stereocenters. The monoisotopic (exact) mass is 225 g/mol. The maximum atomic E-state index is 6.21. The van der Waals surface area contributed by atoms with E-state index in [0.29, 0.717) is 0 Å². The average Bonchev–Trinajstić information content (AvgIpc) is 2.58. The summed E-state index contributed by atoms with van der Waals surface area (Å²) in [5, 5.41) is 0. The van der Waals surface area contributed by atoms with Crippen LogP contribution in [-0.2, 0) is 4.74 Å². The summed E-state index contributed by atoms with van der Waals surface area (Å²) in [4.78, 5) is 2.62. The molecule has 1 unspecified atom stereocenters. The minimum absolute atomic E-state index is 0.0807. The maximum absolute atomic E-state index is 6.21. The Kier molecular flexibility index (Phi) is 3.14. The van der Waals surface area contributed by atoms with Gasteiger partial charge in [-0.15, -0.1) is 11.3 Å². The van der Waals surface area contributed by atoms with E-state index in [1.165, 1.54) is 29.0 Å². The van der Waals surface area contributed by atoms with E-state index in [4.69, 9.17) is 10.5 Å². The van der Waals surface area contributed by atoms with Crippen molar-refractivity contribution in [3.63, 3.8) is 0 Å². The Morgan fingerprint density at radius 3 is 2.67 bits per heavy atom. The van der Waals surface area contributed by atoms with E-state index < -0.39 is 0 Å². The van der Waals surface area contributed by atoms with E-state index in [0.717, 1.165) is 6.42 Å². The summed E-state index contributed by atoms with van der Waals surface area (Å²) in [5.74, 6) is 0. The Labute approximate surface area is 95.4 Å². The first-order chi connectivity index (χ1) is 7.15. The number of nitrogens with two attached hydrogens (primary N) is 1. The van der Waals surface area contributed by atoms with Gasteiger partial charge >= 0.3 is 0 Å². The second-order valence-corrected chi connectivity index (χ2v) is 5.82. The van der Waals surface area contributed by atoms with Crippen molar-refractivity contribution in [2.75, 3.05) is 7.11 Å². The van der Waals surface area contributed by atoms with Gasteiger partial charge in [-0.05, 0) is 44.7 Å². The lowest BCUT2D eigenvalue weighted by Gasteiger charge is -2.42. The fraction of sp³-hybridized carbons (Fsp3) is 0.667. The van der Waals surface area contributed by atoms with Crippen LogP contribution in [0.2, 0.25) is 0 Å². The van der Waals surface area contributed by atoms with Crippen molar-refractivity contribution in [3.8, 4) is 0 Å². The SMILES string of the molecule is COC1(CC(N)c2ccc(C)s2)CCC1. The summed E-state index contributed by atoms with van der Waals surface area (Å²) in [6.07, 6.45) is 4.58. The van der Waals surface area contributed by atoms with Gasteiger partial charge in [0.25, 0.3) is 0 Å². The van der Waals surface area contributed by atoms with Gasteiger partial charge in [0.05, 0.1) is 5.60 Å². The molecule has 1 heterocycles. The fourth-order valence-corrected chi connectivity index (χ4v) is 3.10. The van der Waals surface area contributed by atoms with Crippen LogP contribution in [0.1, 0.15) is 41.5 Å². The highest BCUT2D eigenvalue weighted by Gasteiger charge is 2.38. The zero-order valence-corrected chi connectivity index (χ0v) is 10.3. The summed E-state index contributed by atoms with van der Waals surface area (Å²) in [6.45, 7) is 2.12. The molecule has 1 fully saturated rings. The van der Waals surface area contributed by atoms with Gasteiger partial charge in [0.2, 0.25) is 0 Å². The molecule has 1 saturated carbocycles. The summed E-state index contributed by atoms with van der Waals surface area (Å²) in [7, 11) is 1.81. The predicted molar refractivity (Wildman–Crippen MR) is 64.2 cm³/mol. The van der Waals surface area contributed by atoms with E-state index >= 15 is 0 Å². The number of hydrogen-bond donors (Lipinski definition) is 1. The molecule has 2 N–H and O–H groups in total. The van der Waals surface area contributed by atoms with Crippen LogP contribution in [0.5, 0.6) is 0 Å². The highest BCUT2D eigenvalue weighted by molar-refractivity contribution is 7.12. The molecule has 2 nitrogen and oxygen atoms in total. The number of thiophene rings is 1. The van der Waals surface area contributed by atoms with E-state index in [2.05, 4.69) is 19.1 Å². The van der Waals surface area contributed by atoms with Crippen LogP contribution in [0, 0.1) is 6.92 Å². The van der Waals surface area contributed by atoms with Crippen LogP contribution >= 0.6 is 11.3 Å². The molecule has 1 aromatic rings. The number of methoxy groups -OCH3 is 1. The van der Waals surface area contributed by atoms with Crippen molar-refractivity contribution < 1.29 is 4.74 Å². The highest BCUT2D eigenvalue weighted by Crippen LogP contribution is 2.41. The zero-order chi connectivity index (χ0) is 10.9. The van der Waals surface area contributed by atoms with Gasteiger partial charge in [0.1, 0.15) is 0 Å². The summed E-state index contributed by atoms with van der Waals surface area (Å²) in [5.41, 5.74) is 6.29. The first kappa shape index (κ1) is 11.1. The minimum atomic E-state index is 0.0807. The van der Waals surface area contributed by atoms with Crippen LogP contribution in [0.15, 0.2) is 12.1 Å². The average molecular weight is 225 g/mol. The second-order valence-electron chi connectivity index (χ2n) is 4.50. The van der Waals surface area contributed by atoms with E-state index in [-0.39, 0.29) is 11.6 Å². The largest absolute Gasteiger partial charge is 0.378 e. The molecule has 0 saturated heterocycles. The topological polar surface area (TPSA) is 35.2 Å². The molecule has 15 heavy (non-hydrogen) atoms. The zero-order valence-electron chi connectivity index (χ0n) is 9.45. The smallest absolute Gasteiger partial charge is 0.0697 e. The third-order valence-corrected chi connectivity index (χ3v) is 4.55. The molecular formula is C12H19NOS. The number of aryl methyl sites for hydroxylation is 1. The molecule has 2 rings (SSSR count). The number of rotatable bonds is 4. The molecule has 1 aliphatic rings. The quantitative estimate of drug-likeness (QED) is 0.855. The van der Waals surface area contributed by atoms with Gasteiger partial charge < -0.3 is 10.5 Å². The van der Waals surface area contributed by atoms with Crippen molar-refractivity contribution in [1.29, 1.82) is 0 Å². The molecule has 3 heteroatoms. The van der Waals surface area contributed by atoms with Crippen LogP contribution in [0.3, 0.4) is 0 Å². The Morgan fingerprint density at radius 1 is 1.53 bits per heavy atom. The van der Waals surface area contributed by atoms with Crippen LogP contribution in [0.4, 0.5) is 0 Å². The Bertz CT molecular complexity index is 325. The lowest BCUT2D eigenvalue weighted by atomic mass is 9.75. The van der Waals surface area contributed by atoms with Gasteiger partial charge in [0.15, 0.2) is 0 Å². The van der Waals surface area contributed by atoms with Crippen LogP contribution in [-0.4, -0.2) is 12.7 Å². The number of ether oxygens (including phenoxy) is 1. The fourth-order valence-electron chi connectivity index (χ4n) is 2.22. The molecule has 84 valence electrons. The molecular weight excluding hydrogens is 206 g/mol. The van der Waals surface area contributed by atoms with Gasteiger partial charge in [-0.3, -0.25) is 0 Å². The Morgan fingerprint density at radius 2 is 2.27 bits per heavy atom. The predicted octanol–water partition coefficient (Wildman–Crippen LogP) is 3.02. The molecule has 1 aromatic heterocycles. The Balaban J connectivity index is 1.99. The number of hydrogen-bond acceptors (Lipinski definition) is 3. The molecule has 0 spiro atoms. The van der Waals surface area contributed by atoms with Crippen molar-refractivity contribution in [2.24, 2.45) is 5.73 Å². The lowest BCUT2D eigenvalue weighted by molar-refractivity contribution is -0.0815. The second kappa shape index (κ2) is 4.24. The van der Waals surface area contributed by atoms with Crippen molar-refractivity contribution in [1.82, 2.24) is 0 Å². The first-order valence-electron chi connectivity index (χ1n) is 5.52. The van der Waals surface area contributed by atoms with Crippen molar-refractivity contribution in [2.45, 2.75) is 44.2 Å². The highest BCUT2D eigenvalue weighted by atomic mass is 32.1. The standard InChI is InChI=1S/C12H19NOS/c1-9-4-5-11(15-9)10(13)8-12(14-2)6-3-7-12/h4-5,10H,3,6-8,13H2,1-2H3. The van der Waals surface area contributed by atoms with E-state index in [1.807, 2.05) is 7.11 Å². The maximum Gasteiger partial charge on any atom is 0.0697 e. The van der Waals surface area contributed by atoms with Crippen LogP contribution in [0.25, 0.3) is 0 Å². The third kappa shape index (κ3) is 2.25. The summed E-state index contributed by atoms with van der Waals surface area (Å²) < 4.78 is 5.60. The molecule has 0 bridgehead atoms. The summed E-state index contributed by atoms with van der Waals surface area (Å²) in [6, 6.07) is 4.43. The third-order valence-electron chi connectivity index (χ3n) is 3.42. The van der Waals surface area contributed by atoms with Crippen LogP contribution < -0.4 is 5.73 Å². The minimum Gasteiger partial charge on any atom is -0.378 e. The molecule has 0 aliphatic heterocycles. The first-order valence-corrected chi connectivity index (χ1v) is 6.34. The molecule has 1 aliphatic carbocycles. The Hall–Kier alpha value is -0.380. The van der Waals surface area contributed by atoms with Crippen molar-refractivity contribution in [3.05, 3.63) is 21.9 Å². The molecule has 0 amide bonds. The molecule has 0 radical (unpaired) electrons. The van der Waals surface area contributed by atoms with Crippen molar-refractivity contribution >= 4 is 11.3 Å². The van der Waals surface area contributed by atoms with E-state index in [9.17, 15) is 0 Å². The lowest BCUT2D eigenvalue weighted by Crippen LogP contribution is -2.41. The normalized spacial score (nSPS) is 21.0. The van der Waals surface area contributed by atoms with Gasteiger partial charge in [0, 0.05) is 22.9 Å². The van der Waals surface area contributed by atoms with E-state index in [1.54, 1.807) is 11.3 Å². The molecule has 0 aromatic carbocycles. The van der Waals surface area contributed by atoms with Gasteiger partial charge in [-0.2, -0.15) is 0 Å². The van der Waals surface area contributed by atoms with Gasteiger partial charge in [-0.1, -0.05) is 0 Å².